The molecule has 0 saturated carbocycles. The molecule has 1 aromatic heterocycles. The molecule has 2 aromatic rings. The van der Waals surface area contributed by atoms with Crippen LogP contribution in [-0.4, -0.2) is 46.6 Å². The van der Waals surface area contributed by atoms with Gasteiger partial charge in [-0.25, -0.2) is 0 Å². The summed E-state index contributed by atoms with van der Waals surface area (Å²) < 4.78 is 2.31. The van der Waals surface area contributed by atoms with Crippen LogP contribution in [-0.2, 0) is 19.4 Å². The van der Waals surface area contributed by atoms with E-state index in [-0.39, 0.29) is 24.0 Å². The highest BCUT2D eigenvalue weighted by Crippen LogP contribution is 2.16. The molecule has 6 nitrogen and oxygen atoms in total. The Morgan fingerprint density at radius 2 is 1.93 bits per heavy atom. The number of rotatable bonds is 7. The van der Waals surface area contributed by atoms with Gasteiger partial charge in [-0.1, -0.05) is 24.6 Å². The van der Waals surface area contributed by atoms with Crippen molar-refractivity contribution in [1.29, 1.82) is 0 Å². The van der Waals surface area contributed by atoms with E-state index in [2.05, 4.69) is 54.7 Å². The van der Waals surface area contributed by atoms with Gasteiger partial charge in [0.25, 0.3) is 0 Å². The standard InChI is InChI=1S/C19H28N6S.HI/c1-20-19(22-13-15-26-16-8-4-2-5-9-16)21-12-11-18-24-23-17-10-6-3-7-14-25(17)18;/h2,4-5,8-9H,3,6-7,10-15H2,1H3,(H2,20,21,22);1H. The van der Waals surface area contributed by atoms with E-state index in [1.807, 2.05) is 24.9 Å². The van der Waals surface area contributed by atoms with E-state index < -0.39 is 0 Å². The molecule has 27 heavy (non-hydrogen) atoms. The highest BCUT2D eigenvalue weighted by atomic mass is 127. The fraction of sp³-hybridized carbons (Fsp3) is 0.526. The lowest BCUT2D eigenvalue weighted by Crippen LogP contribution is -2.39. The van der Waals surface area contributed by atoms with Crippen molar-refractivity contribution < 1.29 is 0 Å². The third kappa shape index (κ3) is 6.99. The quantitative estimate of drug-likeness (QED) is 0.201. The average molecular weight is 500 g/mol. The number of nitrogens with one attached hydrogen (secondary N) is 2. The summed E-state index contributed by atoms with van der Waals surface area (Å²) in [6.45, 7) is 2.74. The fourth-order valence-corrected chi connectivity index (χ4v) is 3.89. The molecule has 0 saturated heterocycles. The SMILES string of the molecule is CN=C(NCCSc1ccccc1)NCCc1nnc2n1CCCCC2.I. The molecule has 2 heterocycles. The zero-order valence-electron chi connectivity index (χ0n) is 15.9. The smallest absolute Gasteiger partial charge is 0.191 e. The molecular formula is C19H29IN6S. The summed E-state index contributed by atoms with van der Waals surface area (Å²) in [5, 5.41) is 15.5. The molecule has 0 fully saturated rings. The molecule has 0 aliphatic carbocycles. The zero-order chi connectivity index (χ0) is 18.0. The Morgan fingerprint density at radius 3 is 2.74 bits per heavy atom. The van der Waals surface area contributed by atoms with E-state index in [0.29, 0.717) is 0 Å². The summed E-state index contributed by atoms with van der Waals surface area (Å²) in [6, 6.07) is 10.5. The van der Waals surface area contributed by atoms with Crippen molar-refractivity contribution in [2.75, 3.05) is 25.9 Å². The molecule has 0 unspecified atom stereocenters. The Hall–Kier alpha value is -1.29. The molecule has 0 atom stereocenters. The third-order valence-corrected chi connectivity index (χ3v) is 5.47. The molecular weight excluding hydrogens is 471 g/mol. The predicted molar refractivity (Wildman–Crippen MR) is 123 cm³/mol. The second-order valence-electron chi connectivity index (χ2n) is 6.33. The maximum absolute atomic E-state index is 4.38. The number of aliphatic imine (C=N–C) groups is 1. The maximum Gasteiger partial charge on any atom is 0.191 e. The normalized spacial score (nSPS) is 14.0. The van der Waals surface area contributed by atoms with Crippen LogP contribution in [0.2, 0.25) is 0 Å². The van der Waals surface area contributed by atoms with Crippen LogP contribution in [0.25, 0.3) is 0 Å². The number of hydrogen-bond acceptors (Lipinski definition) is 4. The highest BCUT2D eigenvalue weighted by Gasteiger charge is 2.14. The molecule has 8 heteroatoms. The molecule has 2 N–H and O–H groups in total. The van der Waals surface area contributed by atoms with E-state index in [4.69, 9.17) is 0 Å². The minimum absolute atomic E-state index is 0. The molecule has 0 amide bonds. The molecule has 1 aliphatic heterocycles. The summed E-state index contributed by atoms with van der Waals surface area (Å²) in [5.41, 5.74) is 0. The Bertz CT molecular complexity index is 703. The van der Waals surface area contributed by atoms with Gasteiger partial charge in [0.2, 0.25) is 0 Å². The molecule has 148 valence electrons. The topological polar surface area (TPSA) is 67.1 Å². The summed E-state index contributed by atoms with van der Waals surface area (Å²) in [5.74, 6) is 4.08. The van der Waals surface area contributed by atoms with E-state index in [1.165, 1.54) is 24.2 Å². The number of aromatic nitrogens is 3. The maximum atomic E-state index is 4.38. The lowest BCUT2D eigenvalue weighted by molar-refractivity contribution is 0.600. The van der Waals surface area contributed by atoms with E-state index in [1.54, 1.807) is 0 Å². The first-order valence-electron chi connectivity index (χ1n) is 9.40. The molecule has 0 bridgehead atoms. The third-order valence-electron chi connectivity index (χ3n) is 4.46. The number of fused-ring (bicyclic) bond motifs is 1. The Kier molecular flexibility index (Phi) is 9.96. The second kappa shape index (κ2) is 12.2. The highest BCUT2D eigenvalue weighted by molar-refractivity contribution is 14.0. The van der Waals surface area contributed by atoms with E-state index in [0.717, 1.165) is 55.8 Å². The lowest BCUT2D eigenvalue weighted by Gasteiger charge is -2.12. The van der Waals surface area contributed by atoms with Gasteiger partial charge < -0.3 is 15.2 Å². The Morgan fingerprint density at radius 1 is 1.11 bits per heavy atom. The van der Waals surface area contributed by atoms with Crippen LogP contribution in [0.15, 0.2) is 40.2 Å². The molecule has 0 radical (unpaired) electrons. The summed E-state index contributed by atoms with van der Waals surface area (Å²) in [7, 11) is 1.81. The van der Waals surface area contributed by atoms with Crippen molar-refractivity contribution in [3.05, 3.63) is 42.0 Å². The van der Waals surface area contributed by atoms with Gasteiger partial charge in [0, 0.05) is 50.2 Å². The summed E-state index contributed by atoms with van der Waals surface area (Å²) in [6.07, 6.45) is 5.68. The van der Waals surface area contributed by atoms with Gasteiger partial charge in [-0.2, -0.15) is 0 Å². The van der Waals surface area contributed by atoms with Crippen LogP contribution in [0.5, 0.6) is 0 Å². The molecule has 0 spiro atoms. The van der Waals surface area contributed by atoms with Crippen molar-refractivity contribution in [3.8, 4) is 0 Å². The number of halogens is 1. The first-order chi connectivity index (χ1) is 12.9. The van der Waals surface area contributed by atoms with Crippen LogP contribution in [0.3, 0.4) is 0 Å². The van der Waals surface area contributed by atoms with Gasteiger partial charge in [0.05, 0.1) is 0 Å². The monoisotopic (exact) mass is 500 g/mol. The van der Waals surface area contributed by atoms with Gasteiger partial charge in [-0.15, -0.1) is 45.9 Å². The summed E-state index contributed by atoms with van der Waals surface area (Å²) >= 11 is 1.85. The fourth-order valence-electron chi connectivity index (χ4n) is 3.10. The van der Waals surface area contributed by atoms with Crippen LogP contribution in [0, 0.1) is 0 Å². The van der Waals surface area contributed by atoms with Crippen LogP contribution in [0.1, 0.15) is 30.9 Å². The number of aryl methyl sites for hydroxylation is 1. The number of guanidine groups is 1. The van der Waals surface area contributed by atoms with Gasteiger partial charge in [0.15, 0.2) is 5.96 Å². The minimum Gasteiger partial charge on any atom is -0.356 e. The van der Waals surface area contributed by atoms with Crippen LogP contribution < -0.4 is 10.6 Å². The van der Waals surface area contributed by atoms with Crippen molar-refractivity contribution >= 4 is 41.7 Å². The molecule has 1 aliphatic rings. The molecule has 1 aromatic carbocycles. The average Bonchev–Trinajstić information content (AvgIpc) is 2.90. The van der Waals surface area contributed by atoms with E-state index in [9.17, 15) is 0 Å². The molecule has 3 rings (SSSR count). The van der Waals surface area contributed by atoms with Gasteiger partial charge in [-0.3, -0.25) is 4.99 Å². The van der Waals surface area contributed by atoms with Gasteiger partial charge in [0.1, 0.15) is 11.6 Å². The van der Waals surface area contributed by atoms with Crippen LogP contribution in [0.4, 0.5) is 0 Å². The van der Waals surface area contributed by atoms with Gasteiger partial charge >= 0.3 is 0 Å². The summed E-state index contributed by atoms with van der Waals surface area (Å²) in [4.78, 5) is 5.59. The number of hydrogen-bond donors (Lipinski definition) is 2. The number of nitrogens with zero attached hydrogens (tertiary/aromatic N) is 4. The number of benzene rings is 1. The largest absolute Gasteiger partial charge is 0.356 e. The predicted octanol–water partition coefficient (Wildman–Crippen LogP) is 3.12. The lowest BCUT2D eigenvalue weighted by atomic mass is 10.2. The van der Waals surface area contributed by atoms with Gasteiger partial charge in [-0.05, 0) is 25.0 Å². The first kappa shape index (κ1) is 22.0. The van der Waals surface area contributed by atoms with Crippen molar-refractivity contribution in [3.63, 3.8) is 0 Å². The first-order valence-corrected chi connectivity index (χ1v) is 10.4. The Balaban J connectivity index is 0.00000261. The van der Waals surface area contributed by atoms with Crippen molar-refractivity contribution in [2.24, 2.45) is 4.99 Å². The Labute approximate surface area is 183 Å². The van der Waals surface area contributed by atoms with E-state index >= 15 is 0 Å². The van der Waals surface area contributed by atoms with Crippen molar-refractivity contribution in [2.45, 2.75) is 43.5 Å². The van der Waals surface area contributed by atoms with Crippen molar-refractivity contribution in [1.82, 2.24) is 25.4 Å². The zero-order valence-corrected chi connectivity index (χ0v) is 19.0. The number of thioether (sulfide) groups is 1. The van der Waals surface area contributed by atoms with Crippen LogP contribution >= 0.6 is 35.7 Å². The minimum atomic E-state index is 0. The second-order valence-corrected chi connectivity index (χ2v) is 7.50.